The molecule has 0 aromatic heterocycles. The highest BCUT2D eigenvalue weighted by molar-refractivity contribution is 5.78. The van der Waals surface area contributed by atoms with Crippen LogP contribution in [-0.4, -0.2) is 47.7 Å². The second-order valence-electron chi connectivity index (χ2n) is 5.76. The molecule has 0 aromatic rings. The Morgan fingerprint density at radius 1 is 1.37 bits per heavy atom. The number of hydrogen-bond acceptors (Lipinski definition) is 3. The standard InChI is InChI=1S/C15H32N2O2/c1-6-11-16-15(4,14(18)19)10-8-9-12-17(5)13(3)7-2/h13,16H,6-12H2,1-5H3,(H,18,19). The van der Waals surface area contributed by atoms with Gasteiger partial charge in [0.05, 0.1) is 0 Å². The summed E-state index contributed by atoms with van der Waals surface area (Å²) >= 11 is 0. The first kappa shape index (κ1) is 18.4. The molecule has 0 amide bonds. The van der Waals surface area contributed by atoms with Crippen LogP contribution in [0.25, 0.3) is 0 Å². The van der Waals surface area contributed by atoms with Crippen molar-refractivity contribution in [2.24, 2.45) is 0 Å². The molecule has 114 valence electrons. The van der Waals surface area contributed by atoms with Crippen molar-refractivity contribution in [3.8, 4) is 0 Å². The maximum Gasteiger partial charge on any atom is 0.323 e. The van der Waals surface area contributed by atoms with E-state index in [1.54, 1.807) is 6.92 Å². The van der Waals surface area contributed by atoms with E-state index < -0.39 is 11.5 Å². The normalized spacial score (nSPS) is 16.3. The van der Waals surface area contributed by atoms with Gasteiger partial charge in [-0.2, -0.15) is 0 Å². The number of rotatable bonds is 11. The van der Waals surface area contributed by atoms with Gasteiger partial charge in [-0.25, -0.2) is 0 Å². The number of hydrogen-bond donors (Lipinski definition) is 2. The zero-order chi connectivity index (χ0) is 14.9. The fourth-order valence-corrected chi connectivity index (χ4v) is 2.04. The number of carboxylic acid groups (broad SMARTS) is 1. The summed E-state index contributed by atoms with van der Waals surface area (Å²) in [6.07, 6.45) is 4.80. The van der Waals surface area contributed by atoms with Crippen LogP contribution in [0.2, 0.25) is 0 Å². The van der Waals surface area contributed by atoms with Gasteiger partial charge in [-0.05, 0) is 66.1 Å². The Balaban J connectivity index is 4.03. The first-order valence-electron chi connectivity index (χ1n) is 7.56. The molecule has 0 bridgehead atoms. The van der Waals surface area contributed by atoms with Crippen LogP contribution < -0.4 is 5.32 Å². The second-order valence-corrected chi connectivity index (χ2v) is 5.76. The zero-order valence-corrected chi connectivity index (χ0v) is 13.3. The van der Waals surface area contributed by atoms with E-state index in [-0.39, 0.29) is 0 Å². The van der Waals surface area contributed by atoms with Gasteiger partial charge in [-0.3, -0.25) is 4.79 Å². The predicted octanol–water partition coefficient (Wildman–Crippen LogP) is 2.73. The van der Waals surface area contributed by atoms with Crippen molar-refractivity contribution < 1.29 is 9.90 Å². The zero-order valence-electron chi connectivity index (χ0n) is 13.3. The van der Waals surface area contributed by atoms with E-state index in [0.29, 0.717) is 12.5 Å². The summed E-state index contributed by atoms with van der Waals surface area (Å²) < 4.78 is 0. The Bertz CT molecular complexity index is 259. The largest absolute Gasteiger partial charge is 0.480 e. The maximum atomic E-state index is 11.3. The Labute approximate surface area is 118 Å². The van der Waals surface area contributed by atoms with Crippen molar-refractivity contribution in [3.63, 3.8) is 0 Å². The van der Waals surface area contributed by atoms with E-state index in [2.05, 4.69) is 38.0 Å². The molecule has 0 spiro atoms. The minimum Gasteiger partial charge on any atom is -0.480 e. The van der Waals surface area contributed by atoms with Crippen molar-refractivity contribution >= 4 is 5.97 Å². The Morgan fingerprint density at radius 3 is 2.47 bits per heavy atom. The second kappa shape index (κ2) is 9.32. The molecule has 4 heteroatoms. The van der Waals surface area contributed by atoms with Crippen molar-refractivity contribution in [2.45, 2.75) is 71.4 Å². The Kier molecular flexibility index (Phi) is 9.02. The topological polar surface area (TPSA) is 52.6 Å². The molecule has 2 atom stereocenters. The van der Waals surface area contributed by atoms with Crippen LogP contribution in [0.5, 0.6) is 0 Å². The third-order valence-electron chi connectivity index (χ3n) is 4.02. The van der Waals surface area contributed by atoms with Gasteiger partial charge in [0.1, 0.15) is 5.54 Å². The molecule has 2 unspecified atom stereocenters. The molecule has 0 saturated carbocycles. The average Bonchev–Trinajstić information content (AvgIpc) is 2.39. The van der Waals surface area contributed by atoms with E-state index in [9.17, 15) is 9.90 Å². The minimum absolute atomic E-state index is 0.601. The van der Waals surface area contributed by atoms with Gasteiger partial charge < -0.3 is 15.3 Å². The van der Waals surface area contributed by atoms with Crippen molar-refractivity contribution in [3.05, 3.63) is 0 Å². The van der Waals surface area contributed by atoms with Gasteiger partial charge in [-0.15, -0.1) is 0 Å². The fourth-order valence-electron chi connectivity index (χ4n) is 2.04. The lowest BCUT2D eigenvalue weighted by molar-refractivity contribution is -0.144. The van der Waals surface area contributed by atoms with Gasteiger partial charge in [0.25, 0.3) is 0 Å². The van der Waals surface area contributed by atoms with Gasteiger partial charge in [0, 0.05) is 6.04 Å². The fraction of sp³-hybridized carbons (Fsp3) is 0.933. The number of unbranched alkanes of at least 4 members (excludes halogenated alkanes) is 1. The summed E-state index contributed by atoms with van der Waals surface area (Å²) in [5.74, 6) is -0.740. The number of nitrogens with one attached hydrogen (secondary N) is 1. The number of aliphatic carboxylic acids is 1. The van der Waals surface area contributed by atoms with Crippen LogP contribution in [0, 0.1) is 0 Å². The molecule has 0 radical (unpaired) electrons. The van der Waals surface area contributed by atoms with Gasteiger partial charge >= 0.3 is 5.97 Å². The summed E-state index contributed by atoms with van der Waals surface area (Å²) in [6, 6.07) is 0.601. The Hall–Kier alpha value is -0.610. The Morgan fingerprint density at radius 2 is 2.00 bits per heavy atom. The molecule has 4 nitrogen and oxygen atoms in total. The van der Waals surface area contributed by atoms with E-state index in [0.717, 1.165) is 38.8 Å². The predicted molar refractivity (Wildman–Crippen MR) is 80.6 cm³/mol. The molecule has 2 N–H and O–H groups in total. The maximum absolute atomic E-state index is 11.3. The number of nitrogens with zero attached hydrogens (tertiary/aromatic N) is 1. The third-order valence-corrected chi connectivity index (χ3v) is 4.02. The van der Waals surface area contributed by atoms with E-state index in [4.69, 9.17) is 0 Å². The average molecular weight is 272 g/mol. The van der Waals surface area contributed by atoms with Gasteiger partial charge in [0.2, 0.25) is 0 Å². The molecule has 19 heavy (non-hydrogen) atoms. The van der Waals surface area contributed by atoms with Crippen LogP contribution in [0.1, 0.15) is 59.8 Å². The minimum atomic E-state index is -0.773. The summed E-state index contributed by atoms with van der Waals surface area (Å²) in [5.41, 5.74) is -0.773. The molecule has 0 aliphatic rings. The SMILES string of the molecule is CCCNC(C)(CCCCN(C)C(C)CC)C(=O)O. The van der Waals surface area contributed by atoms with Crippen LogP contribution in [0.15, 0.2) is 0 Å². The quantitative estimate of drug-likeness (QED) is 0.568. The molecular formula is C15H32N2O2. The molecule has 0 saturated heterocycles. The number of carbonyl (C=O) groups is 1. The first-order valence-corrected chi connectivity index (χ1v) is 7.56. The monoisotopic (exact) mass is 272 g/mol. The summed E-state index contributed by atoms with van der Waals surface area (Å²) in [6.45, 7) is 10.1. The van der Waals surface area contributed by atoms with E-state index in [1.165, 1.54) is 0 Å². The lowest BCUT2D eigenvalue weighted by atomic mass is 9.94. The highest BCUT2D eigenvalue weighted by Crippen LogP contribution is 2.15. The molecule has 0 aliphatic heterocycles. The molecule has 0 heterocycles. The summed E-state index contributed by atoms with van der Waals surface area (Å²) in [4.78, 5) is 13.7. The third kappa shape index (κ3) is 6.92. The summed E-state index contributed by atoms with van der Waals surface area (Å²) in [5, 5.41) is 12.5. The molecule has 0 aromatic carbocycles. The lowest BCUT2D eigenvalue weighted by Crippen LogP contribution is -2.49. The summed E-state index contributed by atoms with van der Waals surface area (Å²) in [7, 11) is 2.14. The van der Waals surface area contributed by atoms with E-state index >= 15 is 0 Å². The van der Waals surface area contributed by atoms with Crippen molar-refractivity contribution in [1.82, 2.24) is 10.2 Å². The van der Waals surface area contributed by atoms with E-state index in [1.807, 2.05) is 0 Å². The molecule has 0 aliphatic carbocycles. The lowest BCUT2D eigenvalue weighted by Gasteiger charge is -2.27. The van der Waals surface area contributed by atoms with Crippen molar-refractivity contribution in [1.29, 1.82) is 0 Å². The number of carboxylic acids is 1. The van der Waals surface area contributed by atoms with Gasteiger partial charge in [0.15, 0.2) is 0 Å². The van der Waals surface area contributed by atoms with Gasteiger partial charge in [-0.1, -0.05) is 13.8 Å². The van der Waals surface area contributed by atoms with Crippen LogP contribution in [-0.2, 0) is 4.79 Å². The van der Waals surface area contributed by atoms with Crippen LogP contribution >= 0.6 is 0 Å². The highest BCUT2D eigenvalue weighted by Gasteiger charge is 2.31. The van der Waals surface area contributed by atoms with Crippen LogP contribution in [0.3, 0.4) is 0 Å². The molecule has 0 fully saturated rings. The molecular weight excluding hydrogens is 240 g/mol. The van der Waals surface area contributed by atoms with Crippen LogP contribution in [0.4, 0.5) is 0 Å². The van der Waals surface area contributed by atoms with Crippen molar-refractivity contribution in [2.75, 3.05) is 20.1 Å². The smallest absolute Gasteiger partial charge is 0.323 e. The molecule has 0 rings (SSSR count). The highest BCUT2D eigenvalue weighted by atomic mass is 16.4. The first-order chi connectivity index (χ1) is 8.87.